The molecule has 2 unspecified atom stereocenters. The highest BCUT2D eigenvalue weighted by atomic mass is 16.6. The fourth-order valence-electron chi connectivity index (χ4n) is 4.77. The summed E-state index contributed by atoms with van der Waals surface area (Å²) in [7, 11) is 0. The van der Waals surface area contributed by atoms with Gasteiger partial charge in [0.15, 0.2) is 17.3 Å². The number of anilines is 1. The normalized spacial score (nSPS) is 22.9. The zero-order chi connectivity index (χ0) is 19.5. The van der Waals surface area contributed by atoms with Gasteiger partial charge < -0.3 is 14.8 Å². The Morgan fingerprint density at radius 2 is 1.90 bits per heavy atom. The smallest absolute Gasteiger partial charge is 0.209 e. The molecule has 1 aliphatic carbocycles. The molecule has 6 rings (SSSR count). The molecule has 0 radical (unpaired) electrons. The molecule has 0 amide bonds. The predicted octanol–water partition coefficient (Wildman–Crippen LogP) is 4.08. The van der Waals surface area contributed by atoms with Crippen LogP contribution in [-0.2, 0) is 4.79 Å². The lowest BCUT2D eigenvalue weighted by Crippen LogP contribution is -2.33. The highest BCUT2D eigenvalue weighted by Crippen LogP contribution is 2.45. The van der Waals surface area contributed by atoms with Gasteiger partial charge in [0, 0.05) is 17.7 Å². The fraction of sp³-hybridized carbons (Fsp3) is 0.304. The minimum Gasteiger partial charge on any atom is -0.486 e. The average molecular weight is 387 g/mol. The molecule has 29 heavy (non-hydrogen) atoms. The van der Waals surface area contributed by atoms with Crippen LogP contribution >= 0.6 is 0 Å². The number of hydrogen-bond acceptors (Lipinski definition) is 5. The van der Waals surface area contributed by atoms with E-state index in [1.54, 1.807) is 0 Å². The molecule has 1 N–H and O–H groups in total. The zero-order valence-electron chi connectivity index (χ0n) is 16.1. The quantitative estimate of drug-likeness (QED) is 0.682. The van der Waals surface area contributed by atoms with Crippen molar-refractivity contribution in [3.05, 3.63) is 59.3 Å². The number of aromatic nitrogens is 2. The van der Waals surface area contributed by atoms with Crippen molar-refractivity contribution >= 4 is 22.8 Å². The second-order valence-corrected chi connectivity index (χ2v) is 8.05. The van der Waals surface area contributed by atoms with Gasteiger partial charge in [0.1, 0.15) is 13.2 Å². The summed E-state index contributed by atoms with van der Waals surface area (Å²) >= 11 is 0. The van der Waals surface area contributed by atoms with E-state index in [1.165, 1.54) is 0 Å². The number of rotatable bonds is 1. The van der Waals surface area contributed by atoms with Gasteiger partial charge in [0.05, 0.1) is 17.1 Å². The third-order valence-electron chi connectivity index (χ3n) is 5.98. The molecule has 3 heterocycles. The topological polar surface area (TPSA) is 65.4 Å². The zero-order valence-corrected chi connectivity index (χ0v) is 16.1. The number of para-hydroxylation sites is 2. The van der Waals surface area contributed by atoms with Crippen molar-refractivity contribution in [3.63, 3.8) is 0 Å². The van der Waals surface area contributed by atoms with E-state index in [0.717, 1.165) is 51.7 Å². The Hall–Kier alpha value is -3.28. The van der Waals surface area contributed by atoms with E-state index < -0.39 is 0 Å². The Morgan fingerprint density at radius 3 is 2.79 bits per heavy atom. The molecule has 0 spiro atoms. The first-order valence-electron chi connectivity index (χ1n) is 10.1. The minimum absolute atomic E-state index is 0.203. The van der Waals surface area contributed by atoms with Gasteiger partial charge >= 0.3 is 0 Å². The fourth-order valence-corrected chi connectivity index (χ4v) is 4.77. The summed E-state index contributed by atoms with van der Waals surface area (Å²) in [6.45, 7) is 3.22. The van der Waals surface area contributed by atoms with E-state index in [9.17, 15) is 4.79 Å². The van der Waals surface area contributed by atoms with Crippen LogP contribution in [0.3, 0.4) is 0 Å². The first kappa shape index (κ1) is 16.7. The van der Waals surface area contributed by atoms with Gasteiger partial charge in [0.25, 0.3) is 0 Å². The van der Waals surface area contributed by atoms with Crippen molar-refractivity contribution in [1.29, 1.82) is 0 Å². The van der Waals surface area contributed by atoms with E-state index in [4.69, 9.17) is 14.5 Å². The van der Waals surface area contributed by atoms with Crippen molar-refractivity contribution in [2.75, 3.05) is 18.5 Å². The van der Waals surface area contributed by atoms with Crippen molar-refractivity contribution in [2.45, 2.75) is 25.8 Å². The number of nitrogens with one attached hydrogen (secondary N) is 1. The van der Waals surface area contributed by atoms with E-state index in [2.05, 4.69) is 22.9 Å². The minimum atomic E-state index is -0.232. The molecule has 0 bridgehead atoms. The van der Waals surface area contributed by atoms with Crippen LogP contribution in [0.1, 0.15) is 31.4 Å². The highest BCUT2D eigenvalue weighted by Gasteiger charge is 2.38. The maximum atomic E-state index is 13.2. The van der Waals surface area contributed by atoms with Crippen LogP contribution in [0.4, 0.5) is 5.95 Å². The van der Waals surface area contributed by atoms with Gasteiger partial charge in [-0.3, -0.25) is 9.36 Å². The van der Waals surface area contributed by atoms with Crippen LogP contribution in [0, 0.1) is 5.92 Å². The third kappa shape index (κ3) is 2.48. The number of hydrogen-bond donors (Lipinski definition) is 1. The number of imidazole rings is 1. The molecule has 1 aromatic heterocycles. The molecule has 0 fully saturated rings. The van der Waals surface area contributed by atoms with Crippen LogP contribution < -0.4 is 14.8 Å². The molecule has 6 nitrogen and oxygen atoms in total. The summed E-state index contributed by atoms with van der Waals surface area (Å²) in [5.74, 6) is 2.80. The van der Waals surface area contributed by atoms with Crippen LogP contribution in [0.25, 0.3) is 11.0 Å². The summed E-state index contributed by atoms with van der Waals surface area (Å²) in [6.07, 6.45) is 1.43. The lowest BCUT2D eigenvalue weighted by atomic mass is 9.81. The summed E-state index contributed by atoms with van der Waals surface area (Å²) in [5.41, 5.74) is 4.77. The lowest BCUT2D eigenvalue weighted by molar-refractivity contribution is -0.117. The molecule has 3 aromatic rings. The molecule has 3 aliphatic rings. The number of fused-ring (bicyclic) bond motifs is 4. The summed E-state index contributed by atoms with van der Waals surface area (Å²) in [6, 6.07) is 13.8. The van der Waals surface area contributed by atoms with Gasteiger partial charge in [-0.05, 0) is 42.2 Å². The molecule has 2 atom stereocenters. The van der Waals surface area contributed by atoms with Crippen LogP contribution in [0.5, 0.6) is 11.5 Å². The maximum Gasteiger partial charge on any atom is 0.209 e. The van der Waals surface area contributed by atoms with Crippen LogP contribution in [0.2, 0.25) is 0 Å². The standard InChI is InChI=1S/C23H21N3O3/c1-13-10-16-21(18(27)11-13)22(14-6-7-19-20(12-14)29-9-8-28-19)26-17-5-3-2-4-15(17)24-23(26)25-16/h2-7,12-13,22H,8-11H2,1H3,(H,24,25). The average Bonchev–Trinajstić information content (AvgIpc) is 3.09. The van der Waals surface area contributed by atoms with Gasteiger partial charge in [-0.2, -0.15) is 0 Å². The van der Waals surface area contributed by atoms with Crippen LogP contribution in [-0.4, -0.2) is 28.5 Å². The number of allylic oxidation sites excluding steroid dienone is 2. The van der Waals surface area contributed by atoms with Crippen molar-refractivity contribution in [1.82, 2.24) is 9.55 Å². The molecule has 0 saturated carbocycles. The number of ether oxygens (including phenoxy) is 2. The van der Waals surface area contributed by atoms with Gasteiger partial charge in [-0.1, -0.05) is 25.1 Å². The number of Topliss-reactive ketones (excluding diaryl/α,β-unsaturated/α-hetero) is 1. The number of benzene rings is 2. The molecule has 6 heteroatoms. The SMILES string of the molecule is CC1CC(=O)C2=C(C1)Nc1nc3ccccc3n1C2c1ccc2c(c1)OCCO2. The summed E-state index contributed by atoms with van der Waals surface area (Å²) in [4.78, 5) is 18.0. The third-order valence-corrected chi connectivity index (χ3v) is 5.98. The largest absolute Gasteiger partial charge is 0.486 e. The summed E-state index contributed by atoms with van der Waals surface area (Å²) < 4.78 is 13.7. The second-order valence-electron chi connectivity index (χ2n) is 8.05. The first-order chi connectivity index (χ1) is 14.2. The predicted molar refractivity (Wildman–Crippen MR) is 109 cm³/mol. The van der Waals surface area contributed by atoms with Gasteiger partial charge in [-0.25, -0.2) is 4.98 Å². The van der Waals surface area contributed by atoms with Crippen LogP contribution in [0.15, 0.2) is 53.7 Å². The number of nitrogens with zero attached hydrogens (tertiary/aromatic N) is 2. The highest BCUT2D eigenvalue weighted by molar-refractivity contribution is 6.00. The Labute approximate surface area is 168 Å². The van der Waals surface area contributed by atoms with Crippen molar-refractivity contribution in [2.24, 2.45) is 5.92 Å². The van der Waals surface area contributed by atoms with E-state index in [-0.39, 0.29) is 11.8 Å². The van der Waals surface area contributed by atoms with E-state index >= 15 is 0 Å². The molecular weight excluding hydrogens is 366 g/mol. The molecular formula is C23H21N3O3. The maximum absolute atomic E-state index is 13.2. The Kier molecular flexibility index (Phi) is 3.51. The Balaban J connectivity index is 1.60. The number of ketones is 1. The van der Waals surface area contributed by atoms with Crippen molar-refractivity contribution in [3.8, 4) is 11.5 Å². The Morgan fingerprint density at radius 1 is 1.07 bits per heavy atom. The number of carbonyl (C=O) groups excluding carboxylic acids is 1. The van der Waals surface area contributed by atoms with E-state index in [0.29, 0.717) is 25.6 Å². The monoisotopic (exact) mass is 387 g/mol. The lowest BCUT2D eigenvalue weighted by Gasteiger charge is -2.35. The number of carbonyl (C=O) groups is 1. The Bertz CT molecular complexity index is 1190. The second kappa shape index (κ2) is 6.11. The van der Waals surface area contributed by atoms with Gasteiger partial charge in [-0.15, -0.1) is 0 Å². The molecule has 2 aromatic carbocycles. The molecule has 146 valence electrons. The van der Waals surface area contributed by atoms with E-state index in [1.807, 2.05) is 36.4 Å². The summed E-state index contributed by atoms with van der Waals surface area (Å²) in [5, 5.41) is 3.47. The molecule has 2 aliphatic heterocycles. The van der Waals surface area contributed by atoms with Crippen molar-refractivity contribution < 1.29 is 14.3 Å². The first-order valence-corrected chi connectivity index (χ1v) is 10.1. The van der Waals surface area contributed by atoms with Gasteiger partial charge in [0.2, 0.25) is 5.95 Å². The molecule has 0 saturated heterocycles.